The maximum Gasteiger partial charge on any atom is 0.117 e. The lowest BCUT2D eigenvalue weighted by molar-refractivity contribution is 0.133. The van der Waals surface area contributed by atoms with Gasteiger partial charge in [-0.2, -0.15) is 0 Å². The second-order valence-electron chi connectivity index (χ2n) is 4.62. The predicted octanol–water partition coefficient (Wildman–Crippen LogP) is 3.51. The van der Waals surface area contributed by atoms with E-state index in [9.17, 15) is 5.11 Å². The number of hydrogen-bond donors (Lipinski definition) is 1. The zero-order chi connectivity index (χ0) is 10.9. The van der Waals surface area contributed by atoms with Crippen LogP contribution in [0.15, 0.2) is 0 Å². The Kier molecular flexibility index (Phi) is 6.52. The van der Waals surface area contributed by atoms with Gasteiger partial charge in [-0.05, 0) is 25.2 Å². The summed E-state index contributed by atoms with van der Waals surface area (Å²) in [5, 5.41) is 9.86. The van der Waals surface area contributed by atoms with E-state index in [4.69, 9.17) is 0 Å². The van der Waals surface area contributed by atoms with Crippen molar-refractivity contribution in [2.24, 2.45) is 5.92 Å². The molecule has 1 heteroatoms. The predicted molar refractivity (Wildman–Crippen MR) is 64.5 cm³/mol. The second-order valence-corrected chi connectivity index (χ2v) is 4.62. The normalized spacial score (nSPS) is 19.3. The molecule has 1 nitrogen and oxygen atoms in total. The average molecular weight is 208 g/mol. The quantitative estimate of drug-likeness (QED) is 0.553. The summed E-state index contributed by atoms with van der Waals surface area (Å²) in [4.78, 5) is 0. The van der Waals surface area contributed by atoms with E-state index in [1.54, 1.807) is 0 Å². The molecule has 0 saturated heterocycles. The van der Waals surface area contributed by atoms with Crippen LogP contribution in [0, 0.1) is 17.8 Å². The van der Waals surface area contributed by atoms with Crippen LogP contribution >= 0.6 is 0 Å². The maximum atomic E-state index is 9.86. The largest absolute Gasteiger partial charge is 0.380 e. The molecule has 0 spiro atoms. The molecule has 0 amide bonds. The van der Waals surface area contributed by atoms with Gasteiger partial charge in [0.15, 0.2) is 0 Å². The summed E-state index contributed by atoms with van der Waals surface area (Å²) < 4.78 is 0. The molecule has 0 radical (unpaired) electrons. The van der Waals surface area contributed by atoms with Gasteiger partial charge in [-0.1, -0.05) is 44.9 Å². The third-order valence-corrected chi connectivity index (χ3v) is 3.25. The van der Waals surface area contributed by atoms with Crippen LogP contribution < -0.4 is 0 Å². The molecular weight excluding hydrogens is 184 g/mol. The Hall–Kier alpha value is -0.480. The summed E-state index contributed by atoms with van der Waals surface area (Å²) >= 11 is 0. The lowest BCUT2D eigenvalue weighted by Crippen LogP contribution is -2.21. The van der Waals surface area contributed by atoms with Crippen molar-refractivity contribution >= 4 is 0 Å². The molecular formula is C14H24O. The molecule has 1 unspecified atom stereocenters. The first-order chi connectivity index (χ1) is 7.34. The Morgan fingerprint density at radius 2 is 1.93 bits per heavy atom. The zero-order valence-electron chi connectivity index (χ0n) is 9.97. The van der Waals surface area contributed by atoms with E-state index in [0.717, 1.165) is 6.42 Å². The SMILES string of the molecule is CCCCCC#CC(O)C1CCCCC1. The van der Waals surface area contributed by atoms with Crippen LogP contribution in [0.3, 0.4) is 0 Å². The average Bonchev–Trinajstić information content (AvgIpc) is 2.30. The first-order valence-electron chi connectivity index (χ1n) is 6.51. The van der Waals surface area contributed by atoms with Crippen molar-refractivity contribution in [2.45, 2.75) is 70.8 Å². The Bertz CT molecular complexity index is 205. The Morgan fingerprint density at radius 1 is 1.20 bits per heavy atom. The third kappa shape index (κ3) is 5.23. The van der Waals surface area contributed by atoms with Crippen molar-refractivity contribution in [3.63, 3.8) is 0 Å². The first kappa shape index (κ1) is 12.6. The molecule has 0 aliphatic heterocycles. The molecule has 1 N–H and O–H groups in total. The van der Waals surface area contributed by atoms with E-state index in [0.29, 0.717) is 5.92 Å². The molecule has 0 aromatic rings. The Balaban J connectivity index is 2.17. The van der Waals surface area contributed by atoms with Crippen LogP contribution in [0.5, 0.6) is 0 Å². The zero-order valence-corrected chi connectivity index (χ0v) is 9.97. The molecule has 1 fully saturated rings. The van der Waals surface area contributed by atoms with E-state index in [1.807, 2.05) is 0 Å². The summed E-state index contributed by atoms with van der Waals surface area (Å²) in [5.74, 6) is 6.59. The number of unbranched alkanes of at least 4 members (excludes halogenated alkanes) is 3. The molecule has 1 aliphatic carbocycles. The van der Waals surface area contributed by atoms with Crippen molar-refractivity contribution in [3.05, 3.63) is 0 Å². The molecule has 15 heavy (non-hydrogen) atoms. The molecule has 86 valence electrons. The van der Waals surface area contributed by atoms with Gasteiger partial charge in [-0.3, -0.25) is 0 Å². The molecule has 0 bridgehead atoms. The summed E-state index contributed by atoms with van der Waals surface area (Å²) in [6.45, 7) is 2.20. The summed E-state index contributed by atoms with van der Waals surface area (Å²) in [6, 6.07) is 0. The van der Waals surface area contributed by atoms with Crippen molar-refractivity contribution in [1.82, 2.24) is 0 Å². The van der Waals surface area contributed by atoms with Crippen molar-refractivity contribution < 1.29 is 5.11 Å². The van der Waals surface area contributed by atoms with Gasteiger partial charge in [0, 0.05) is 6.42 Å². The highest BCUT2D eigenvalue weighted by Gasteiger charge is 2.19. The lowest BCUT2D eigenvalue weighted by Gasteiger charge is -2.23. The highest BCUT2D eigenvalue weighted by atomic mass is 16.3. The van der Waals surface area contributed by atoms with Crippen molar-refractivity contribution in [1.29, 1.82) is 0 Å². The fourth-order valence-electron chi connectivity index (χ4n) is 2.21. The van der Waals surface area contributed by atoms with E-state index in [1.165, 1.54) is 51.4 Å². The smallest absolute Gasteiger partial charge is 0.117 e. The number of aliphatic hydroxyl groups is 1. The molecule has 0 heterocycles. The van der Waals surface area contributed by atoms with E-state index in [-0.39, 0.29) is 6.10 Å². The third-order valence-electron chi connectivity index (χ3n) is 3.25. The van der Waals surface area contributed by atoms with Gasteiger partial charge in [0.2, 0.25) is 0 Å². The number of hydrogen-bond acceptors (Lipinski definition) is 1. The fraction of sp³-hybridized carbons (Fsp3) is 0.857. The van der Waals surface area contributed by atoms with Crippen LogP contribution in [0.25, 0.3) is 0 Å². The minimum absolute atomic E-state index is 0.355. The molecule has 0 aromatic heterocycles. The van der Waals surface area contributed by atoms with Gasteiger partial charge in [0.25, 0.3) is 0 Å². The maximum absolute atomic E-state index is 9.86. The molecule has 1 saturated carbocycles. The standard InChI is InChI=1S/C14H24O/c1-2-3-4-5-9-12-14(15)13-10-7-6-8-11-13/h13-15H,2-8,10-11H2,1H3. The lowest BCUT2D eigenvalue weighted by atomic mass is 9.85. The van der Waals surface area contributed by atoms with Crippen molar-refractivity contribution in [3.8, 4) is 11.8 Å². The van der Waals surface area contributed by atoms with Gasteiger partial charge in [0.1, 0.15) is 6.10 Å². The first-order valence-corrected chi connectivity index (χ1v) is 6.51. The van der Waals surface area contributed by atoms with Crippen molar-refractivity contribution in [2.75, 3.05) is 0 Å². The molecule has 1 rings (SSSR count). The van der Waals surface area contributed by atoms with Crippen LogP contribution in [0.2, 0.25) is 0 Å². The number of aliphatic hydroxyl groups excluding tert-OH is 1. The van der Waals surface area contributed by atoms with Gasteiger partial charge in [0.05, 0.1) is 0 Å². The van der Waals surface area contributed by atoms with E-state index < -0.39 is 0 Å². The summed E-state index contributed by atoms with van der Waals surface area (Å²) in [6.07, 6.45) is 10.5. The van der Waals surface area contributed by atoms with Crippen LogP contribution in [0.1, 0.15) is 64.7 Å². The van der Waals surface area contributed by atoms with Gasteiger partial charge >= 0.3 is 0 Å². The minimum Gasteiger partial charge on any atom is -0.380 e. The van der Waals surface area contributed by atoms with Gasteiger partial charge in [-0.15, -0.1) is 5.92 Å². The van der Waals surface area contributed by atoms with E-state index in [2.05, 4.69) is 18.8 Å². The van der Waals surface area contributed by atoms with Gasteiger partial charge in [-0.25, -0.2) is 0 Å². The second kappa shape index (κ2) is 7.77. The van der Waals surface area contributed by atoms with Gasteiger partial charge < -0.3 is 5.11 Å². The highest BCUT2D eigenvalue weighted by Crippen LogP contribution is 2.26. The van der Waals surface area contributed by atoms with Crippen LogP contribution in [-0.2, 0) is 0 Å². The number of rotatable bonds is 4. The minimum atomic E-state index is -0.355. The van der Waals surface area contributed by atoms with Crippen LogP contribution in [-0.4, -0.2) is 11.2 Å². The summed E-state index contributed by atoms with van der Waals surface area (Å²) in [5.41, 5.74) is 0. The summed E-state index contributed by atoms with van der Waals surface area (Å²) in [7, 11) is 0. The molecule has 1 aliphatic rings. The Labute approximate surface area is 94.3 Å². The van der Waals surface area contributed by atoms with E-state index >= 15 is 0 Å². The Morgan fingerprint density at radius 3 is 2.60 bits per heavy atom. The monoisotopic (exact) mass is 208 g/mol. The highest BCUT2D eigenvalue weighted by molar-refractivity contribution is 5.06. The van der Waals surface area contributed by atoms with Crippen LogP contribution in [0.4, 0.5) is 0 Å². The molecule has 1 atom stereocenters. The molecule has 0 aromatic carbocycles. The topological polar surface area (TPSA) is 20.2 Å². The fourth-order valence-corrected chi connectivity index (χ4v) is 2.21.